The van der Waals surface area contributed by atoms with Crippen LogP contribution in [0.4, 0.5) is 0 Å². The van der Waals surface area contributed by atoms with E-state index in [1.807, 2.05) is 85.8 Å². The number of aryl methyl sites for hydroxylation is 1. The van der Waals surface area contributed by atoms with E-state index in [1.54, 1.807) is 0 Å². The monoisotopic (exact) mass is 464 g/mol. The van der Waals surface area contributed by atoms with E-state index < -0.39 is 20.4 Å². The molecule has 0 amide bonds. The minimum Gasteiger partial charge on any atom is -0.466 e. The van der Waals surface area contributed by atoms with E-state index in [-0.39, 0.29) is 5.57 Å². The van der Waals surface area contributed by atoms with Crippen molar-refractivity contribution < 1.29 is 14.0 Å². The van der Waals surface area contributed by atoms with Gasteiger partial charge in [0.2, 0.25) is 0 Å². The Hall–Kier alpha value is -3.73. The van der Waals surface area contributed by atoms with Gasteiger partial charge in [-0.1, -0.05) is 127 Å². The smallest absolute Gasteiger partial charge is 0.336 e. The number of esters is 1. The molecule has 0 aliphatic rings. The van der Waals surface area contributed by atoms with E-state index in [4.69, 9.17) is 9.16 Å². The molecule has 0 N–H and O–H groups in total. The lowest BCUT2D eigenvalue weighted by Gasteiger charge is -2.37. The van der Waals surface area contributed by atoms with Crippen LogP contribution in [0.5, 0.6) is 0 Å². The van der Waals surface area contributed by atoms with Gasteiger partial charge >= 0.3 is 5.97 Å². The van der Waals surface area contributed by atoms with Crippen molar-refractivity contribution >= 4 is 29.8 Å². The number of benzene rings is 4. The zero-order chi connectivity index (χ0) is 24.0. The van der Waals surface area contributed by atoms with Crippen molar-refractivity contribution in [1.29, 1.82) is 0 Å². The molecular formula is C30H28O3Si. The third kappa shape index (κ3) is 4.64. The number of carbonyl (C=O) groups is 1. The molecule has 0 aliphatic carbocycles. The van der Waals surface area contributed by atoms with Gasteiger partial charge in [0, 0.05) is 0 Å². The Balaban J connectivity index is 2.00. The summed E-state index contributed by atoms with van der Waals surface area (Å²) >= 11 is 0. The van der Waals surface area contributed by atoms with Gasteiger partial charge in [-0.25, -0.2) is 4.79 Å². The molecule has 0 saturated carbocycles. The van der Waals surface area contributed by atoms with Crippen molar-refractivity contribution in [2.24, 2.45) is 0 Å². The van der Waals surface area contributed by atoms with Crippen molar-refractivity contribution in [1.82, 2.24) is 0 Å². The third-order valence-corrected chi connectivity index (χ3v) is 9.97. The number of rotatable bonds is 8. The first-order chi connectivity index (χ1) is 16.6. The Morgan fingerprint density at radius 1 is 0.735 bits per heavy atom. The zero-order valence-electron chi connectivity index (χ0n) is 19.5. The summed E-state index contributed by atoms with van der Waals surface area (Å²) in [4.78, 5) is 12.7. The van der Waals surface area contributed by atoms with E-state index in [0.29, 0.717) is 0 Å². The van der Waals surface area contributed by atoms with Crippen LogP contribution >= 0.6 is 0 Å². The Labute approximate surface area is 202 Å². The maximum atomic E-state index is 12.7. The van der Waals surface area contributed by atoms with Crippen LogP contribution in [0.1, 0.15) is 17.2 Å². The molecule has 4 aromatic carbocycles. The fourth-order valence-electron chi connectivity index (χ4n) is 4.31. The predicted octanol–water partition coefficient (Wildman–Crippen LogP) is 4.45. The van der Waals surface area contributed by atoms with E-state index >= 15 is 0 Å². The maximum absolute atomic E-state index is 12.7. The molecule has 3 nitrogen and oxygen atoms in total. The normalized spacial score (nSPS) is 12.1. The lowest BCUT2D eigenvalue weighted by molar-refractivity contribution is -0.137. The summed E-state index contributed by atoms with van der Waals surface area (Å²) in [5, 5.41) is 3.26. The first kappa shape index (κ1) is 23.4. The highest BCUT2D eigenvalue weighted by Gasteiger charge is 2.45. The molecule has 0 bridgehead atoms. The van der Waals surface area contributed by atoms with Crippen molar-refractivity contribution in [3.63, 3.8) is 0 Å². The van der Waals surface area contributed by atoms with Gasteiger partial charge in [-0.15, -0.1) is 0 Å². The summed E-state index contributed by atoms with van der Waals surface area (Å²) in [6.45, 7) is 6.15. The lowest BCUT2D eigenvalue weighted by atomic mass is 10.0. The maximum Gasteiger partial charge on any atom is 0.336 e. The van der Waals surface area contributed by atoms with Gasteiger partial charge in [-0.05, 0) is 28.0 Å². The first-order valence-electron chi connectivity index (χ1n) is 11.2. The van der Waals surface area contributed by atoms with Crippen LogP contribution < -0.4 is 15.6 Å². The summed E-state index contributed by atoms with van der Waals surface area (Å²) < 4.78 is 12.3. The average molecular weight is 465 g/mol. The Kier molecular flexibility index (Phi) is 7.21. The Bertz CT molecular complexity index is 1160. The summed E-state index contributed by atoms with van der Waals surface area (Å²) in [6, 6.07) is 38.9. The van der Waals surface area contributed by atoms with E-state index in [2.05, 4.69) is 43.0 Å². The largest absolute Gasteiger partial charge is 0.466 e. The Morgan fingerprint density at radius 3 is 1.62 bits per heavy atom. The van der Waals surface area contributed by atoms with Crippen LogP contribution in [-0.4, -0.2) is 21.4 Å². The number of carbonyl (C=O) groups excluding carboxylic acids is 1. The second-order valence-electron chi connectivity index (χ2n) is 8.21. The fraction of sp³-hybridized carbons (Fsp3) is 0.100. The lowest BCUT2D eigenvalue weighted by Crippen LogP contribution is -2.69. The van der Waals surface area contributed by atoms with Gasteiger partial charge in [0.15, 0.2) is 0 Å². The van der Waals surface area contributed by atoms with Gasteiger partial charge < -0.3 is 9.16 Å². The summed E-state index contributed by atoms with van der Waals surface area (Å²) in [6.07, 6.45) is -0.681. The SMILES string of the molecule is C=C(C(=O)OC)[C@@H](O[Si](c1ccccc1)(c1ccccc1)c1ccccc1)c1cccc(C)c1. The van der Waals surface area contributed by atoms with E-state index in [9.17, 15) is 4.79 Å². The number of hydrogen-bond donors (Lipinski definition) is 0. The molecule has 4 rings (SSSR count). The highest BCUT2D eigenvalue weighted by Crippen LogP contribution is 2.30. The topological polar surface area (TPSA) is 35.5 Å². The van der Waals surface area contributed by atoms with Crippen LogP contribution in [-0.2, 0) is 14.0 Å². The minimum absolute atomic E-state index is 0.271. The van der Waals surface area contributed by atoms with Crippen LogP contribution in [0.15, 0.2) is 127 Å². The number of ether oxygens (including phenoxy) is 1. The van der Waals surface area contributed by atoms with E-state index in [0.717, 1.165) is 26.7 Å². The molecule has 0 aliphatic heterocycles. The second kappa shape index (κ2) is 10.5. The second-order valence-corrected chi connectivity index (χ2v) is 11.5. The van der Waals surface area contributed by atoms with Crippen molar-refractivity contribution in [3.8, 4) is 0 Å². The molecule has 0 fully saturated rings. The fourth-order valence-corrected chi connectivity index (χ4v) is 8.34. The predicted molar refractivity (Wildman–Crippen MR) is 140 cm³/mol. The molecule has 34 heavy (non-hydrogen) atoms. The Morgan fingerprint density at radius 2 is 1.21 bits per heavy atom. The van der Waals surface area contributed by atoms with Crippen LogP contribution in [0.3, 0.4) is 0 Å². The summed E-state index contributed by atoms with van der Waals surface area (Å²) in [5.74, 6) is -0.483. The highest BCUT2D eigenvalue weighted by molar-refractivity contribution is 7.07. The minimum atomic E-state index is -3.08. The standard InChI is InChI=1S/C30H28O3Si/c1-23-14-13-15-25(22-23)29(24(2)30(31)32-3)33-34(26-16-7-4-8-17-26,27-18-9-5-10-19-27)28-20-11-6-12-21-28/h4-22,29H,2H2,1,3H3/t29-/m1/s1. The quantitative estimate of drug-likeness (QED) is 0.167. The van der Waals surface area contributed by atoms with Crippen LogP contribution in [0.2, 0.25) is 0 Å². The molecule has 0 heterocycles. The molecular weight excluding hydrogens is 436 g/mol. The van der Waals surface area contributed by atoms with E-state index in [1.165, 1.54) is 7.11 Å². The van der Waals surface area contributed by atoms with Gasteiger partial charge in [0.25, 0.3) is 8.32 Å². The molecule has 0 spiro atoms. The van der Waals surface area contributed by atoms with Gasteiger partial charge in [0.1, 0.15) is 6.10 Å². The van der Waals surface area contributed by atoms with Crippen molar-refractivity contribution in [3.05, 3.63) is 139 Å². The molecule has 0 radical (unpaired) electrons. The molecule has 0 saturated heterocycles. The van der Waals surface area contributed by atoms with Crippen molar-refractivity contribution in [2.75, 3.05) is 7.11 Å². The molecule has 4 aromatic rings. The van der Waals surface area contributed by atoms with Crippen LogP contribution in [0, 0.1) is 6.92 Å². The molecule has 0 unspecified atom stereocenters. The average Bonchev–Trinajstić information content (AvgIpc) is 2.90. The third-order valence-electron chi connectivity index (χ3n) is 5.94. The molecule has 1 atom stereocenters. The highest BCUT2D eigenvalue weighted by atomic mass is 28.4. The molecule has 170 valence electrons. The first-order valence-corrected chi connectivity index (χ1v) is 13.1. The van der Waals surface area contributed by atoms with Gasteiger partial charge in [0.05, 0.1) is 12.7 Å². The van der Waals surface area contributed by atoms with Gasteiger partial charge in [-0.3, -0.25) is 0 Å². The summed E-state index contributed by atoms with van der Waals surface area (Å²) in [7, 11) is -1.70. The van der Waals surface area contributed by atoms with Crippen LogP contribution in [0.25, 0.3) is 0 Å². The molecule has 0 aromatic heterocycles. The number of methoxy groups -OCH3 is 1. The molecule has 4 heteroatoms. The zero-order valence-corrected chi connectivity index (χ0v) is 20.5. The number of hydrogen-bond acceptors (Lipinski definition) is 3. The van der Waals surface area contributed by atoms with Gasteiger partial charge in [-0.2, -0.15) is 0 Å². The summed E-state index contributed by atoms with van der Waals surface area (Å²) in [5.41, 5.74) is 2.22. The van der Waals surface area contributed by atoms with Crippen molar-refractivity contribution in [2.45, 2.75) is 13.0 Å².